The van der Waals surface area contributed by atoms with Crippen LogP contribution >= 0.6 is 0 Å². The van der Waals surface area contributed by atoms with E-state index >= 15 is 0 Å². The van der Waals surface area contributed by atoms with E-state index in [-0.39, 0.29) is 30.7 Å². The van der Waals surface area contributed by atoms with Crippen molar-refractivity contribution in [1.82, 2.24) is 4.31 Å². The molecule has 1 N–H and O–H groups in total. The third kappa shape index (κ3) is 4.25. The predicted molar refractivity (Wildman–Crippen MR) is 62.2 cm³/mol. The molecule has 1 fully saturated rings. The van der Waals surface area contributed by atoms with Crippen LogP contribution in [-0.2, 0) is 19.6 Å². The van der Waals surface area contributed by atoms with Gasteiger partial charge in [-0.1, -0.05) is 0 Å². The van der Waals surface area contributed by atoms with Gasteiger partial charge < -0.3 is 9.84 Å². The number of rotatable bonds is 5. The number of nitrogens with zero attached hydrogens (tertiary/aromatic N) is 1. The van der Waals surface area contributed by atoms with E-state index in [2.05, 4.69) is 0 Å². The molecule has 0 radical (unpaired) electrons. The Morgan fingerprint density at radius 2 is 2.12 bits per heavy atom. The second-order valence-electron chi connectivity index (χ2n) is 4.38. The van der Waals surface area contributed by atoms with Crippen LogP contribution in [0.4, 0.5) is 0 Å². The first-order valence-electron chi connectivity index (χ1n) is 5.66. The monoisotopic (exact) mass is 265 g/mol. The van der Waals surface area contributed by atoms with Crippen molar-refractivity contribution in [2.75, 3.05) is 18.9 Å². The minimum atomic E-state index is -3.37. The Morgan fingerprint density at radius 3 is 2.71 bits per heavy atom. The molecular weight excluding hydrogens is 246 g/mol. The van der Waals surface area contributed by atoms with Crippen LogP contribution in [0.1, 0.15) is 26.7 Å². The molecule has 1 saturated heterocycles. The van der Waals surface area contributed by atoms with Crippen LogP contribution in [0, 0.1) is 0 Å². The van der Waals surface area contributed by atoms with Crippen LogP contribution in [0.15, 0.2) is 0 Å². The molecule has 1 aliphatic heterocycles. The third-order valence-corrected chi connectivity index (χ3v) is 4.73. The van der Waals surface area contributed by atoms with Gasteiger partial charge in [0.2, 0.25) is 10.0 Å². The van der Waals surface area contributed by atoms with Gasteiger partial charge in [-0.3, -0.25) is 4.79 Å². The maximum absolute atomic E-state index is 12.0. The summed E-state index contributed by atoms with van der Waals surface area (Å²) in [5.41, 5.74) is 0. The zero-order valence-electron chi connectivity index (χ0n) is 10.1. The summed E-state index contributed by atoms with van der Waals surface area (Å²) < 4.78 is 30.8. The lowest BCUT2D eigenvalue weighted by molar-refractivity contribution is -0.137. The van der Waals surface area contributed by atoms with Crippen molar-refractivity contribution in [2.24, 2.45) is 0 Å². The number of ether oxygens (including phenoxy) is 1. The number of hydrogen-bond donors (Lipinski definition) is 1. The van der Waals surface area contributed by atoms with Crippen molar-refractivity contribution in [3.63, 3.8) is 0 Å². The normalized spacial score (nSPS) is 26.9. The quantitative estimate of drug-likeness (QED) is 0.772. The fourth-order valence-electron chi connectivity index (χ4n) is 1.78. The fourth-order valence-corrected chi connectivity index (χ4v) is 3.57. The van der Waals surface area contributed by atoms with E-state index in [9.17, 15) is 13.2 Å². The number of carbonyl (C=O) groups is 1. The second-order valence-corrected chi connectivity index (χ2v) is 6.42. The summed E-state index contributed by atoms with van der Waals surface area (Å²) in [6.07, 6.45) is -0.0793. The van der Waals surface area contributed by atoms with E-state index in [0.717, 1.165) is 0 Å². The van der Waals surface area contributed by atoms with Crippen LogP contribution in [0.5, 0.6) is 0 Å². The summed E-state index contributed by atoms with van der Waals surface area (Å²) >= 11 is 0. The van der Waals surface area contributed by atoms with E-state index in [1.165, 1.54) is 4.31 Å². The van der Waals surface area contributed by atoms with E-state index < -0.39 is 16.0 Å². The highest BCUT2D eigenvalue weighted by Gasteiger charge is 2.32. The maximum Gasteiger partial charge on any atom is 0.303 e. The van der Waals surface area contributed by atoms with Gasteiger partial charge in [-0.05, 0) is 20.3 Å². The minimum absolute atomic E-state index is 0.111. The molecule has 2 atom stereocenters. The van der Waals surface area contributed by atoms with Gasteiger partial charge in [-0.25, -0.2) is 8.42 Å². The first-order valence-corrected chi connectivity index (χ1v) is 7.27. The van der Waals surface area contributed by atoms with Crippen molar-refractivity contribution in [3.8, 4) is 0 Å². The summed E-state index contributed by atoms with van der Waals surface area (Å²) in [5, 5.41) is 8.49. The molecular formula is C10H19NO5S. The van der Waals surface area contributed by atoms with Crippen molar-refractivity contribution in [3.05, 3.63) is 0 Å². The Balaban J connectivity index is 2.58. The number of sulfonamides is 1. The highest BCUT2D eigenvalue weighted by atomic mass is 32.2. The summed E-state index contributed by atoms with van der Waals surface area (Å²) in [6, 6.07) is -0.180. The molecule has 0 spiro atoms. The molecule has 100 valence electrons. The smallest absolute Gasteiger partial charge is 0.303 e. The molecule has 0 aromatic carbocycles. The Kier molecular flexibility index (Phi) is 4.91. The second kappa shape index (κ2) is 5.79. The van der Waals surface area contributed by atoms with Crippen LogP contribution in [0.25, 0.3) is 0 Å². The standard InChI is InChI=1S/C10H19NO5S/c1-8-7-16-9(2)6-11(8)17(14,15)5-3-4-10(12)13/h8-9H,3-7H2,1-2H3,(H,12,13). The lowest BCUT2D eigenvalue weighted by atomic mass is 10.2. The van der Waals surface area contributed by atoms with Gasteiger partial charge in [0.1, 0.15) is 0 Å². The number of hydrogen-bond acceptors (Lipinski definition) is 4. The molecule has 0 aromatic heterocycles. The predicted octanol–water partition coefficient (Wildman–Crippen LogP) is 0.290. The molecule has 0 aliphatic carbocycles. The van der Waals surface area contributed by atoms with Crippen LogP contribution < -0.4 is 0 Å². The third-order valence-electron chi connectivity index (χ3n) is 2.70. The molecule has 7 heteroatoms. The zero-order chi connectivity index (χ0) is 13.1. The van der Waals surface area contributed by atoms with Gasteiger partial charge in [0, 0.05) is 19.0 Å². The van der Waals surface area contributed by atoms with E-state index in [1.54, 1.807) is 6.92 Å². The molecule has 0 aromatic rings. The SMILES string of the molecule is CC1CN(S(=O)(=O)CCCC(=O)O)C(C)CO1. The fraction of sp³-hybridized carbons (Fsp3) is 0.900. The average Bonchev–Trinajstić information content (AvgIpc) is 2.20. The minimum Gasteiger partial charge on any atom is -0.481 e. The molecule has 1 aliphatic rings. The Labute approximate surface area is 102 Å². The molecule has 1 heterocycles. The van der Waals surface area contributed by atoms with Crippen molar-refractivity contribution in [1.29, 1.82) is 0 Å². The Morgan fingerprint density at radius 1 is 1.47 bits per heavy atom. The van der Waals surface area contributed by atoms with Gasteiger partial charge >= 0.3 is 5.97 Å². The number of aliphatic carboxylic acids is 1. The van der Waals surface area contributed by atoms with E-state index in [4.69, 9.17) is 9.84 Å². The first kappa shape index (κ1) is 14.4. The summed E-state index contributed by atoms with van der Waals surface area (Å²) in [7, 11) is -3.37. The van der Waals surface area contributed by atoms with Crippen molar-refractivity contribution in [2.45, 2.75) is 38.8 Å². The number of carboxylic acid groups (broad SMARTS) is 1. The van der Waals surface area contributed by atoms with Crippen LogP contribution in [-0.4, -0.2) is 54.8 Å². The highest BCUT2D eigenvalue weighted by molar-refractivity contribution is 7.89. The molecule has 17 heavy (non-hydrogen) atoms. The van der Waals surface area contributed by atoms with E-state index in [0.29, 0.717) is 13.2 Å². The Bertz CT molecular complexity index is 367. The van der Waals surface area contributed by atoms with Crippen LogP contribution in [0.2, 0.25) is 0 Å². The van der Waals surface area contributed by atoms with Gasteiger partial charge in [0.05, 0.1) is 18.5 Å². The van der Waals surface area contributed by atoms with Crippen molar-refractivity contribution < 1.29 is 23.1 Å². The van der Waals surface area contributed by atoms with E-state index in [1.807, 2.05) is 6.92 Å². The lowest BCUT2D eigenvalue weighted by Crippen LogP contribution is -2.50. The van der Waals surface area contributed by atoms with Gasteiger partial charge in [-0.2, -0.15) is 4.31 Å². The number of carboxylic acids is 1. The molecule has 6 nitrogen and oxygen atoms in total. The molecule has 1 rings (SSSR count). The highest BCUT2D eigenvalue weighted by Crippen LogP contribution is 2.17. The zero-order valence-corrected chi connectivity index (χ0v) is 10.9. The summed E-state index contributed by atoms with van der Waals surface area (Å²) in [5.74, 6) is -1.08. The molecule has 0 amide bonds. The molecule has 2 unspecified atom stereocenters. The van der Waals surface area contributed by atoms with Gasteiger partial charge in [-0.15, -0.1) is 0 Å². The van der Waals surface area contributed by atoms with Gasteiger partial charge in [0.15, 0.2) is 0 Å². The molecule has 0 bridgehead atoms. The van der Waals surface area contributed by atoms with Crippen LogP contribution in [0.3, 0.4) is 0 Å². The number of morpholine rings is 1. The summed E-state index contributed by atoms with van der Waals surface area (Å²) in [6.45, 7) is 4.35. The lowest BCUT2D eigenvalue weighted by Gasteiger charge is -2.35. The molecule has 0 saturated carbocycles. The maximum atomic E-state index is 12.0. The van der Waals surface area contributed by atoms with Gasteiger partial charge in [0.25, 0.3) is 0 Å². The van der Waals surface area contributed by atoms with Crippen molar-refractivity contribution >= 4 is 16.0 Å². The largest absolute Gasteiger partial charge is 0.481 e. The Hall–Kier alpha value is -0.660. The summed E-state index contributed by atoms with van der Waals surface area (Å²) in [4.78, 5) is 10.3. The first-order chi connectivity index (χ1) is 7.83. The average molecular weight is 265 g/mol. The topological polar surface area (TPSA) is 83.9 Å².